The van der Waals surface area contributed by atoms with E-state index in [4.69, 9.17) is 9.47 Å². The molecule has 0 fully saturated rings. The van der Waals surface area contributed by atoms with Gasteiger partial charge in [0.2, 0.25) is 0 Å². The van der Waals surface area contributed by atoms with Crippen LogP contribution >= 0.6 is 0 Å². The summed E-state index contributed by atoms with van der Waals surface area (Å²) in [5.41, 5.74) is 2.33. The highest BCUT2D eigenvalue weighted by molar-refractivity contribution is 5.57. The molecule has 1 unspecified atom stereocenters. The third kappa shape index (κ3) is 2.15. The van der Waals surface area contributed by atoms with Crippen LogP contribution < -0.4 is 4.74 Å². The molecule has 0 radical (unpaired) electrons. The van der Waals surface area contributed by atoms with E-state index in [1.54, 1.807) is 25.1 Å². The van der Waals surface area contributed by atoms with Crippen LogP contribution in [0, 0.1) is 6.92 Å². The van der Waals surface area contributed by atoms with Crippen LogP contribution in [-0.4, -0.2) is 22.4 Å². The minimum atomic E-state index is -0.702. The molecule has 2 aromatic rings. The summed E-state index contributed by atoms with van der Waals surface area (Å²) in [5, 5.41) is 30.4. The van der Waals surface area contributed by atoms with Crippen molar-refractivity contribution >= 4 is 0 Å². The van der Waals surface area contributed by atoms with Gasteiger partial charge in [0.15, 0.2) is 0 Å². The molecule has 1 aliphatic heterocycles. The van der Waals surface area contributed by atoms with Gasteiger partial charge in [-0.2, -0.15) is 0 Å². The number of phenols is 3. The smallest absolute Gasteiger partial charge is 0.125 e. The first-order valence-electron chi connectivity index (χ1n) is 6.55. The molecule has 5 nitrogen and oxygen atoms in total. The first-order valence-corrected chi connectivity index (χ1v) is 6.55. The van der Waals surface area contributed by atoms with Gasteiger partial charge in [0, 0.05) is 11.6 Å². The zero-order valence-electron chi connectivity index (χ0n) is 11.8. The Morgan fingerprint density at radius 2 is 1.62 bits per heavy atom. The van der Waals surface area contributed by atoms with E-state index in [2.05, 4.69) is 0 Å². The molecule has 0 saturated carbocycles. The average molecular weight is 288 g/mol. The second-order valence-electron chi connectivity index (χ2n) is 5.13. The Hall–Kier alpha value is -2.40. The Morgan fingerprint density at radius 3 is 2.24 bits per heavy atom. The van der Waals surface area contributed by atoms with Crippen molar-refractivity contribution < 1.29 is 24.8 Å². The molecule has 0 aliphatic carbocycles. The van der Waals surface area contributed by atoms with Gasteiger partial charge in [-0.15, -0.1) is 0 Å². The van der Waals surface area contributed by atoms with Crippen LogP contribution in [0.25, 0.3) is 0 Å². The fourth-order valence-electron chi connectivity index (χ4n) is 2.72. The highest BCUT2D eigenvalue weighted by atomic mass is 16.5. The van der Waals surface area contributed by atoms with Crippen molar-refractivity contribution in [3.8, 4) is 23.0 Å². The van der Waals surface area contributed by atoms with E-state index >= 15 is 0 Å². The second-order valence-corrected chi connectivity index (χ2v) is 5.13. The Labute approximate surface area is 122 Å². The molecule has 110 valence electrons. The van der Waals surface area contributed by atoms with Gasteiger partial charge < -0.3 is 24.8 Å². The molecular formula is C16H16O5. The van der Waals surface area contributed by atoms with Crippen LogP contribution in [0.2, 0.25) is 0 Å². The van der Waals surface area contributed by atoms with Gasteiger partial charge in [0.25, 0.3) is 0 Å². The first kappa shape index (κ1) is 13.6. The van der Waals surface area contributed by atoms with Crippen molar-refractivity contribution in [3.63, 3.8) is 0 Å². The second kappa shape index (κ2) is 4.86. The summed E-state index contributed by atoms with van der Waals surface area (Å²) in [7, 11) is 1.52. The number of fused-ring (bicyclic) bond motifs is 1. The maximum atomic E-state index is 10.2. The monoisotopic (exact) mass is 288 g/mol. The Kier molecular flexibility index (Phi) is 3.14. The lowest BCUT2D eigenvalue weighted by molar-refractivity contribution is 0.0892. The quantitative estimate of drug-likeness (QED) is 0.792. The number of ether oxygens (including phenoxy) is 2. The topological polar surface area (TPSA) is 79.2 Å². The highest BCUT2D eigenvalue weighted by Gasteiger charge is 2.32. The lowest BCUT2D eigenvalue weighted by atomic mass is 9.96. The normalized spacial score (nSPS) is 16.8. The molecule has 3 N–H and O–H groups in total. The predicted molar refractivity (Wildman–Crippen MR) is 75.8 cm³/mol. The summed E-state index contributed by atoms with van der Waals surface area (Å²) in [6, 6.07) is 6.37. The van der Waals surface area contributed by atoms with Crippen molar-refractivity contribution in [3.05, 3.63) is 46.5 Å². The molecule has 1 aliphatic rings. The van der Waals surface area contributed by atoms with Crippen molar-refractivity contribution in [2.75, 3.05) is 7.11 Å². The zero-order chi connectivity index (χ0) is 15.1. The molecule has 1 heterocycles. The summed E-state index contributed by atoms with van der Waals surface area (Å²) in [5.74, 6) is 0.445. The minimum Gasteiger partial charge on any atom is -0.507 e. The van der Waals surface area contributed by atoms with Crippen molar-refractivity contribution in [2.45, 2.75) is 19.6 Å². The zero-order valence-corrected chi connectivity index (χ0v) is 11.8. The van der Waals surface area contributed by atoms with Crippen LogP contribution in [0.3, 0.4) is 0 Å². The van der Waals surface area contributed by atoms with Gasteiger partial charge in [0.05, 0.1) is 19.3 Å². The summed E-state index contributed by atoms with van der Waals surface area (Å²) in [6.07, 6.45) is -0.702. The molecular weight excluding hydrogens is 272 g/mol. The molecule has 0 amide bonds. The molecule has 21 heavy (non-hydrogen) atoms. The third-order valence-electron chi connectivity index (χ3n) is 3.66. The lowest BCUT2D eigenvalue weighted by Crippen LogP contribution is -2.01. The van der Waals surface area contributed by atoms with Crippen LogP contribution in [0.1, 0.15) is 28.4 Å². The minimum absolute atomic E-state index is 0.0197. The highest BCUT2D eigenvalue weighted by Crippen LogP contribution is 2.48. The molecule has 2 aromatic carbocycles. The van der Waals surface area contributed by atoms with E-state index in [0.717, 1.165) is 11.1 Å². The Bertz CT molecular complexity index is 685. The first-order chi connectivity index (χ1) is 10.0. The SMILES string of the molecule is COc1cc(O)c2c(c1)COC2c1c(O)cc(C)cc1O. The predicted octanol–water partition coefficient (Wildman–Crippen LogP) is 2.74. The maximum Gasteiger partial charge on any atom is 0.125 e. The number of hydrogen-bond acceptors (Lipinski definition) is 5. The Balaban J connectivity index is 2.14. The number of hydrogen-bond donors (Lipinski definition) is 3. The number of methoxy groups -OCH3 is 1. The van der Waals surface area contributed by atoms with E-state index < -0.39 is 6.10 Å². The van der Waals surface area contributed by atoms with Crippen LogP contribution in [0.15, 0.2) is 24.3 Å². The van der Waals surface area contributed by atoms with Gasteiger partial charge in [-0.3, -0.25) is 0 Å². The maximum absolute atomic E-state index is 10.2. The molecule has 0 spiro atoms. The molecule has 1 atom stereocenters. The lowest BCUT2D eigenvalue weighted by Gasteiger charge is -2.17. The van der Waals surface area contributed by atoms with E-state index in [9.17, 15) is 15.3 Å². The van der Waals surface area contributed by atoms with Gasteiger partial charge in [0.1, 0.15) is 29.1 Å². The summed E-state index contributed by atoms with van der Waals surface area (Å²) >= 11 is 0. The van der Waals surface area contributed by atoms with E-state index in [-0.39, 0.29) is 29.4 Å². The standard InChI is InChI=1S/C16H16O5/c1-8-3-11(17)15(12(18)4-8)16-14-9(7-21-16)5-10(20-2)6-13(14)19/h3-6,16-19H,7H2,1-2H3. The largest absolute Gasteiger partial charge is 0.507 e. The van der Waals surface area contributed by atoms with Crippen molar-refractivity contribution in [2.24, 2.45) is 0 Å². The molecule has 5 heteroatoms. The summed E-state index contributed by atoms with van der Waals surface area (Å²) in [6.45, 7) is 2.05. The molecule has 0 saturated heterocycles. The summed E-state index contributed by atoms with van der Waals surface area (Å²) < 4.78 is 10.8. The molecule has 3 rings (SSSR count). The van der Waals surface area contributed by atoms with Gasteiger partial charge in [-0.05, 0) is 36.2 Å². The van der Waals surface area contributed by atoms with Gasteiger partial charge >= 0.3 is 0 Å². The van der Waals surface area contributed by atoms with E-state index in [0.29, 0.717) is 11.3 Å². The average Bonchev–Trinajstić information content (AvgIpc) is 2.81. The number of aromatic hydroxyl groups is 3. The van der Waals surface area contributed by atoms with Crippen LogP contribution in [0.4, 0.5) is 0 Å². The van der Waals surface area contributed by atoms with Crippen molar-refractivity contribution in [1.82, 2.24) is 0 Å². The fourth-order valence-corrected chi connectivity index (χ4v) is 2.72. The fraction of sp³-hybridized carbons (Fsp3) is 0.250. The summed E-state index contributed by atoms with van der Waals surface area (Å²) in [4.78, 5) is 0. The number of aryl methyl sites for hydroxylation is 1. The Morgan fingerprint density at radius 1 is 1.00 bits per heavy atom. The van der Waals surface area contributed by atoms with E-state index in [1.807, 2.05) is 0 Å². The van der Waals surface area contributed by atoms with Crippen LogP contribution in [-0.2, 0) is 11.3 Å². The molecule has 0 aromatic heterocycles. The van der Waals surface area contributed by atoms with Gasteiger partial charge in [-0.25, -0.2) is 0 Å². The van der Waals surface area contributed by atoms with Crippen LogP contribution in [0.5, 0.6) is 23.0 Å². The van der Waals surface area contributed by atoms with Gasteiger partial charge in [-0.1, -0.05) is 0 Å². The number of benzene rings is 2. The van der Waals surface area contributed by atoms with E-state index in [1.165, 1.54) is 13.2 Å². The number of phenolic OH excluding ortho intramolecular Hbond substituents is 3. The van der Waals surface area contributed by atoms with Crippen molar-refractivity contribution in [1.29, 1.82) is 0 Å². The molecule has 0 bridgehead atoms. The third-order valence-corrected chi connectivity index (χ3v) is 3.66. The number of rotatable bonds is 2.